The predicted molar refractivity (Wildman–Crippen MR) is 48.5 cm³/mol. The monoisotopic (exact) mass is 180 g/mol. The molecule has 1 aromatic carbocycles. The SMILES string of the molecule is O=S1OCC=C1c1ccccc1. The molecule has 1 aromatic rings. The smallest absolute Gasteiger partial charge is 0.189 e. The van der Waals surface area contributed by atoms with Crippen molar-refractivity contribution in [3.8, 4) is 0 Å². The predicted octanol–water partition coefficient (Wildman–Crippen LogP) is 1.72. The lowest BCUT2D eigenvalue weighted by Gasteiger charge is -1.97. The second-order valence-electron chi connectivity index (χ2n) is 2.45. The molecule has 3 heteroatoms. The van der Waals surface area contributed by atoms with Crippen molar-refractivity contribution in [2.45, 2.75) is 0 Å². The Bertz CT molecular complexity index is 330. The maximum Gasteiger partial charge on any atom is 0.189 e. The van der Waals surface area contributed by atoms with Gasteiger partial charge >= 0.3 is 0 Å². The molecule has 0 aliphatic carbocycles. The van der Waals surface area contributed by atoms with Gasteiger partial charge in [-0.25, -0.2) is 4.21 Å². The molecule has 1 heterocycles. The molecule has 0 bridgehead atoms. The van der Waals surface area contributed by atoms with Gasteiger partial charge in [0.1, 0.15) is 0 Å². The molecule has 1 atom stereocenters. The van der Waals surface area contributed by atoms with Crippen LogP contribution < -0.4 is 0 Å². The van der Waals surface area contributed by atoms with E-state index in [0.29, 0.717) is 6.61 Å². The first kappa shape index (κ1) is 7.71. The first-order chi connectivity index (χ1) is 5.88. The van der Waals surface area contributed by atoms with E-state index in [1.165, 1.54) is 0 Å². The summed E-state index contributed by atoms with van der Waals surface area (Å²) in [4.78, 5) is 0.788. The Morgan fingerprint density at radius 1 is 1.25 bits per heavy atom. The summed E-state index contributed by atoms with van der Waals surface area (Å²) in [6.07, 6.45) is 1.85. The summed E-state index contributed by atoms with van der Waals surface area (Å²) in [5.74, 6) is 0. The minimum Gasteiger partial charge on any atom is -0.282 e. The van der Waals surface area contributed by atoms with E-state index in [-0.39, 0.29) is 0 Å². The Balaban J connectivity index is 2.38. The quantitative estimate of drug-likeness (QED) is 0.657. The van der Waals surface area contributed by atoms with Crippen LogP contribution in [-0.4, -0.2) is 10.8 Å². The van der Waals surface area contributed by atoms with Crippen molar-refractivity contribution in [1.82, 2.24) is 0 Å². The minimum atomic E-state index is -1.25. The highest BCUT2D eigenvalue weighted by Crippen LogP contribution is 2.22. The third kappa shape index (κ3) is 1.33. The Hall–Kier alpha value is -0.930. The Kier molecular flexibility index (Phi) is 2.06. The van der Waals surface area contributed by atoms with Crippen LogP contribution in [0, 0.1) is 0 Å². The Morgan fingerprint density at radius 3 is 2.58 bits per heavy atom. The van der Waals surface area contributed by atoms with Crippen molar-refractivity contribution in [1.29, 1.82) is 0 Å². The molecule has 0 fully saturated rings. The molecule has 0 spiro atoms. The van der Waals surface area contributed by atoms with Gasteiger partial charge in [-0.1, -0.05) is 30.3 Å². The topological polar surface area (TPSA) is 26.3 Å². The van der Waals surface area contributed by atoms with Crippen molar-refractivity contribution in [2.24, 2.45) is 0 Å². The fourth-order valence-corrected chi connectivity index (χ4v) is 1.97. The first-order valence-corrected chi connectivity index (χ1v) is 4.76. The molecular weight excluding hydrogens is 172 g/mol. The van der Waals surface area contributed by atoms with Crippen molar-refractivity contribution >= 4 is 16.0 Å². The second-order valence-corrected chi connectivity index (χ2v) is 3.60. The fourth-order valence-electron chi connectivity index (χ4n) is 1.12. The molecular formula is C9H8O2S. The zero-order valence-corrected chi connectivity index (χ0v) is 7.21. The van der Waals surface area contributed by atoms with E-state index < -0.39 is 11.1 Å². The van der Waals surface area contributed by atoms with E-state index >= 15 is 0 Å². The van der Waals surface area contributed by atoms with Crippen LogP contribution in [-0.2, 0) is 15.3 Å². The standard InChI is InChI=1S/C9H8O2S/c10-12-9(6-7-11-12)8-4-2-1-3-5-8/h1-6H,7H2. The Labute approximate surface area is 73.5 Å². The number of hydrogen-bond acceptors (Lipinski definition) is 2. The van der Waals surface area contributed by atoms with Gasteiger partial charge in [-0.05, 0) is 11.6 Å². The highest BCUT2D eigenvalue weighted by Gasteiger charge is 2.15. The highest BCUT2D eigenvalue weighted by atomic mass is 32.2. The second kappa shape index (κ2) is 3.21. The fraction of sp³-hybridized carbons (Fsp3) is 0.111. The van der Waals surface area contributed by atoms with Gasteiger partial charge in [0.05, 0.1) is 11.5 Å². The van der Waals surface area contributed by atoms with Gasteiger partial charge < -0.3 is 0 Å². The van der Waals surface area contributed by atoms with Crippen molar-refractivity contribution in [2.75, 3.05) is 6.61 Å². The summed E-state index contributed by atoms with van der Waals surface area (Å²) in [6.45, 7) is 0.455. The Morgan fingerprint density at radius 2 is 2.00 bits per heavy atom. The third-order valence-electron chi connectivity index (χ3n) is 1.68. The average Bonchev–Trinajstić information content (AvgIpc) is 2.53. The summed E-state index contributed by atoms with van der Waals surface area (Å²) in [5, 5.41) is 0. The van der Waals surface area contributed by atoms with Gasteiger partial charge in [0, 0.05) is 0 Å². The first-order valence-electron chi connectivity index (χ1n) is 3.68. The van der Waals surface area contributed by atoms with Gasteiger partial charge in [-0.2, -0.15) is 0 Å². The molecule has 0 saturated heterocycles. The van der Waals surface area contributed by atoms with Crippen molar-refractivity contribution < 1.29 is 8.39 Å². The third-order valence-corrected chi connectivity index (χ3v) is 2.79. The van der Waals surface area contributed by atoms with E-state index in [1.807, 2.05) is 36.4 Å². The zero-order valence-electron chi connectivity index (χ0n) is 6.40. The summed E-state index contributed by atoms with van der Waals surface area (Å²) < 4.78 is 16.1. The molecule has 1 unspecified atom stereocenters. The van der Waals surface area contributed by atoms with Crippen LogP contribution in [0.5, 0.6) is 0 Å². The summed E-state index contributed by atoms with van der Waals surface area (Å²) in [5.41, 5.74) is 0.980. The van der Waals surface area contributed by atoms with Crippen LogP contribution in [0.4, 0.5) is 0 Å². The van der Waals surface area contributed by atoms with Crippen LogP contribution in [0.25, 0.3) is 4.91 Å². The van der Waals surface area contributed by atoms with Gasteiger partial charge in [-0.3, -0.25) is 4.18 Å². The summed E-state index contributed by atoms with van der Waals surface area (Å²) in [7, 11) is 0. The van der Waals surface area contributed by atoms with Gasteiger partial charge in [0.25, 0.3) is 0 Å². The van der Waals surface area contributed by atoms with Crippen LogP contribution in [0.2, 0.25) is 0 Å². The van der Waals surface area contributed by atoms with Crippen LogP contribution >= 0.6 is 0 Å². The maximum absolute atomic E-state index is 11.2. The van der Waals surface area contributed by atoms with Crippen LogP contribution in [0.3, 0.4) is 0 Å². The summed E-state index contributed by atoms with van der Waals surface area (Å²) in [6, 6.07) is 9.64. The van der Waals surface area contributed by atoms with E-state index in [0.717, 1.165) is 10.5 Å². The molecule has 0 radical (unpaired) electrons. The van der Waals surface area contributed by atoms with Gasteiger partial charge in [0.15, 0.2) is 11.1 Å². The van der Waals surface area contributed by atoms with E-state index in [1.54, 1.807) is 0 Å². The number of rotatable bonds is 1. The molecule has 0 saturated carbocycles. The number of hydrogen-bond donors (Lipinski definition) is 0. The molecule has 0 N–H and O–H groups in total. The minimum absolute atomic E-state index is 0.455. The van der Waals surface area contributed by atoms with E-state index in [9.17, 15) is 4.21 Å². The van der Waals surface area contributed by atoms with Crippen LogP contribution in [0.15, 0.2) is 36.4 Å². The van der Waals surface area contributed by atoms with Crippen molar-refractivity contribution in [3.63, 3.8) is 0 Å². The molecule has 12 heavy (non-hydrogen) atoms. The van der Waals surface area contributed by atoms with Gasteiger partial charge in [-0.15, -0.1) is 0 Å². The highest BCUT2D eigenvalue weighted by molar-refractivity contribution is 7.90. The molecule has 0 amide bonds. The lowest BCUT2D eigenvalue weighted by atomic mass is 10.2. The number of benzene rings is 1. The molecule has 1 aliphatic rings. The van der Waals surface area contributed by atoms with Crippen LogP contribution in [0.1, 0.15) is 5.56 Å². The normalized spacial score (nSPS) is 22.3. The average molecular weight is 180 g/mol. The zero-order chi connectivity index (χ0) is 8.39. The molecule has 2 rings (SSSR count). The summed E-state index contributed by atoms with van der Waals surface area (Å²) >= 11 is -1.25. The van der Waals surface area contributed by atoms with Gasteiger partial charge in [0.2, 0.25) is 0 Å². The lowest BCUT2D eigenvalue weighted by Crippen LogP contribution is -1.89. The van der Waals surface area contributed by atoms with Crippen molar-refractivity contribution in [3.05, 3.63) is 42.0 Å². The van der Waals surface area contributed by atoms with E-state index in [4.69, 9.17) is 4.18 Å². The molecule has 1 aliphatic heterocycles. The molecule has 62 valence electrons. The lowest BCUT2D eigenvalue weighted by molar-refractivity contribution is 0.411. The largest absolute Gasteiger partial charge is 0.282 e. The van der Waals surface area contributed by atoms with E-state index in [2.05, 4.69) is 0 Å². The molecule has 2 nitrogen and oxygen atoms in total. The maximum atomic E-state index is 11.2. The molecule has 0 aromatic heterocycles.